The number of hydrogen-bond acceptors (Lipinski definition) is 1. The van der Waals surface area contributed by atoms with Crippen LogP contribution in [0.3, 0.4) is 0 Å². The first-order chi connectivity index (χ1) is 7.74. The Labute approximate surface area is 113 Å². The van der Waals surface area contributed by atoms with E-state index in [-0.39, 0.29) is 0 Å². The average molecular weight is 342 g/mol. The topological polar surface area (TPSA) is 12.4 Å². The summed E-state index contributed by atoms with van der Waals surface area (Å²) in [4.78, 5) is 4.37. The quantitative estimate of drug-likeness (QED) is 0.555. The first-order valence-corrected chi connectivity index (χ1v) is 6.25. The van der Waals surface area contributed by atoms with Crippen molar-refractivity contribution in [1.82, 2.24) is 0 Å². The Kier molecular flexibility index (Phi) is 3.96. The van der Waals surface area contributed by atoms with Crippen molar-refractivity contribution in [3.05, 3.63) is 62.7 Å². The fraction of sp³-hybridized carbons (Fsp3) is 0. The van der Waals surface area contributed by atoms with Gasteiger partial charge in [-0.05, 0) is 64.6 Å². The molecule has 0 aliphatic heterocycles. The summed E-state index contributed by atoms with van der Waals surface area (Å²) in [6.07, 6.45) is 1.81. The van der Waals surface area contributed by atoms with E-state index in [4.69, 9.17) is 11.6 Å². The molecule has 2 rings (SSSR count). The number of halogens is 2. The van der Waals surface area contributed by atoms with Crippen molar-refractivity contribution < 1.29 is 0 Å². The first kappa shape index (κ1) is 11.6. The maximum atomic E-state index is 5.88. The fourth-order valence-corrected chi connectivity index (χ4v) is 1.82. The first-order valence-electron chi connectivity index (χ1n) is 4.79. The number of rotatable bonds is 2. The number of nitrogens with zero attached hydrogens (tertiary/aromatic N) is 1. The van der Waals surface area contributed by atoms with Gasteiger partial charge in [0.2, 0.25) is 0 Å². The highest BCUT2D eigenvalue weighted by atomic mass is 127. The molecule has 16 heavy (non-hydrogen) atoms. The molecule has 0 saturated heterocycles. The summed E-state index contributed by atoms with van der Waals surface area (Å²) in [5.41, 5.74) is 1.95. The molecule has 0 unspecified atom stereocenters. The van der Waals surface area contributed by atoms with E-state index in [0.717, 1.165) is 16.3 Å². The minimum Gasteiger partial charge on any atom is -0.256 e. The van der Waals surface area contributed by atoms with Gasteiger partial charge in [-0.3, -0.25) is 4.99 Å². The van der Waals surface area contributed by atoms with Crippen molar-refractivity contribution in [1.29, 1.82) is 0 Å². The van der Waals surface area contributed by atoms with Crippen LogP contribution in [0.2, 0.25) is 5.02 Å². The van der Waals surface area contributed by atoms with Crippen LogP contribution in [0.25, 0.3) is 0 Å². The van der Waals surface area contributed by atoms with E-state index < -0.39 is 0 Å². The maximum absolute atomic E-state index is 5.88. The third-order valence-corrected chi connectivity index (χ3v) is 2.99. The van der Waals surface area contributed by atoms with Crippen LogP contribution in [0.1, 0.15) is 5.56 Å². The molecule has 0 saturated carbocycles. The van der Waals surface area contributed by atoms with Gasteiger partial charge in [-0.15, -0.1) is 0 Å². The maximum Gasteiger partial charge on any atom is 0.0630 e. The minimum atomic E-state index is 0.728. The Morgan fingerprint density at radius 1 is 1.06 bits per heavy atom. The van der Waals surface area contributed by atoms with Crippen molar-refractivity contribution in [2.75, 3.05) is 0 Å². The summed E-state index contributed by atoms with van der Waals surface area (Å²) in [5.74, 6) is 0. The smallest absolute Gasteiger partial charge is 0.0630 e. The van der Waals surface area contributed by atoms with Crippen LogP contribution in [0.5, 0.6) is 0 Å². The molecule has 2 aromatic carbocycles. The van der Waals surface area contributed by atoms with Crippen LogP contribution in [0.4, 0.5) is 5.69 Å². The van der Waals surface area contributed by atoms with Gasteiger partial charge in [0.15, 0.2) is 0 Å². The lowest BCUT2D eigenvalue weighted by Gasteiger charge is -1.95. The predicted octanol–water partition coefficient (Wildman–Crippen LogP) is 4.70. The molecular weight excluding hydrogens is 333 g/mol. The third-order valence-electron chi connectivity index (χ3n) is 2.04. The van der Waals surface area contributed by atoms with E-state index in [1.165, 1.54) is 3.57 Å². The lowest BCUT2D eigenvalue weighted by atomic mass is 10.2. The molecule has 0 radical (unpaired) electrons. The van der Waals surface area contributed by atoms with Gasteiger partial charge in [0, 0.05) is 14.8 Å². The van der Waals surface area contributed by atoms with Crippen LogP contribution in [-0.2, 0) is 0 Å². The third kappa shape index (κ3) is 3.32. The van der Waals surface area contributed by atoms with Crippen LogP contribution in [0, 0.1) is 3.57 Å². The largest absolute Gasteiger partial charge is 0.256 e. The molecule has 2 aromatic rings. The molecule has 0 bridgehead atoms. The predicted molar refractivity (Wildman–Crippen MR) is 77.9 cm³/mol. The fourth-order valence-electron chi connectivity index (χ4n) is 1.26. The molecule has 0 atom stereocenters. The van der Waals surface area contributed by atoms with Gasteiger partial charge >= 0.3 is 0 Å². The molecule has 0 spiro atoms. The Balaban J connectivity index is 2.18. The standard InChI is InChI=1S/C13H9ClIN/c14-11-3-1-2-10(8-11)9-16-13-6-4-12(15)5-7-13/h1-9H. The number of hydrogen-bond donors (Lipinski definition) is 0. The van der Waals surface area contributed by atoms with Crippen LogP contribution in [-0.4, -0.2) is 6.21 Å². The van der Waals surface area contributed by atoms with E-state index in [1.807, 2.05) is 54.7 Å². The van der Waals surface area contributed by atoms with Crippen LogP contribution < -0.4 is 0 Å². The molecule has 0 amide bonds. The van der Waals surface area contributed by atoms with Gasteiger partial charge < -0.3 is 0 Å². The Bertz CT molecular complexity index is 506. The summed E-state index contributed by atoms with van der Waals surface area (Å²) < 4.78 is 1.21. The normalized spacial score (nSPS) is 10.9. The summed E-state index contributed by atoms with van der Waals surface area (Å²) >= 11 is 8.16. The Hall–Kier alpha value is -0.870. The molecule has 80 valence electrons. The molecule has 0 aliphatic carbocycles. The Morgan fingerprint density at radius 2 is 1.81 bits per heavy atom. The number of benzene rings is 2. The molecule has 3 heteroatoms. The van der Waals surface area contributed by atoms with Crippen molar-refractivity contribution in [3.8, 4) is 0 Å². The van der Waals surface area contributed by atoms with Gasteiger partial charge in [0.05, 0.1) is 5.69 Å². The second-order valence-corrected chi connectivity index (χ2v) is 4.97. The summed E-state index contributed by atoms with van der Waals surface area (Å²) in [6, 6.07) is 15.7. The van der Waals surface area contributed by atoms with Gasteiger partial charge in [-0.1, -0.05) is 23.7 Å². The highest BCUT2D eigenvalue weighted by Crippen LogP contribution is 2.15. The zero-order chi connectivity index (χ0) is 11.4. The minimum absolute atomic E-state index is 0.728. The molecule has 0 heterocycles. The van der Waals surface area contributed by atoms with Crippen LogP contribution >= 0.6 is 34.2 Å². The lowest BCUT2D eigenvalue weighted by Crippen LogP contribution is -1.79. The summed E-state index contributed by atoms with van der Waals surface area (Å²) in [6.45, 7) is 0. The monoisotopic (exact) mass is 341 g/mol. The van der Waals surface area contributed by atoms with Crippen molar-refractivity contribution in [3.63, 3.8) is 0 Å². The second kappa shape index (κ2) is 5.46. The van der Waals surface area contributed by atoms with Gasteiger partial charge in [-0.25, -0.2) is 0 Å². The van der Waals surface area contributed by atoms with E-state index >= 15 is 0 Å². The van der Waals surface area contributed by atoms with E-state index in [1.54, 1.807) is 0 Å². The molecule has 0 fully saturated rings. The van der Waals surface area contributed by atoms with E-state index in [9.17, 15) is 0 Å². The van der Waals surface area contributed by atoms with Gasteiger partial charge in [0.1, 0.15) is 0 Å². The molecule has 1 nitrogen and oxygen atoms in total. The lowest BCUT2D eigenvalue weighted by molar-refractivity contribution is 1.51. The van der Waals surface area contributed by atoms with Crippen LogP contribution in [0.15, 0.2) is 53.5 Å². The van der Waals surface area contributed by atoms with Gasteiger partial charge in [0.25, 0.3) is 0 Å². The van der Waals surface area contributed by atoms with Crippen molar-refractivity contribution in [2.45, 2.75) is 0 Å². The van der Waals surface area contributed by atoms with Crippen molar-refractivity contribution >= 4 is 46.1 Å². The zero-order valence-corrected chi connectivity index (χ0v) is 11.3. The van der Waals surface area contributed by atoms with Gasteiger partial charge in [-0.2, -0.15) is 0 Å². The highest BCUT2D eigenvalue weighted by molar-refractivity contribution is 14.1. The SMILES string of the molecule is Clc1cccc(C=Nc2ccc(I)cc2)c1. The highest BCUT2D eigenvalue weighted by Gasteiger charge is 1.91. The molecule has 0 N–H and O–H groups in total. The van der Waals surface area contributed by atoms with Crippen molar-refractivity contribution in [2.24, 2.45) is 4.99 Å². The summed E-state index contributed by atoms with van der Waals surface area (Å²) in [5, 5.41) is 0.728. The molecule has 0 aliphatic rings. The average Bonchev–Trinajstić information content (AvgIpc) is 2.28. The molecular formula is C13H9ClIN. The number of aliphatic imine (C=N–C) groups is 1. The zero-order valence-electron chi connectivity index (χ0n) is 8.40. The second-order valence-electron chi connectivity index (χ2n) is 3.29. The summed E-state index contributed by atoms with van der Waals surface area (Å²) in [7, 11) is 0. The molecule has 0 aromatic heterocycles. The van der Waals surface area contributed by atoms with E-state index in [0.29, 0.717) is 0 Å². The Morgan fingerprint density at radius 3 is 2.50 bits per heavy atom. The van der Waals surface area contributed by atoms with E-state index in [2.05, 4.69) is 27.6 Å².